The molecule has 0 saturated heterocycles. The predicted molar refractivity (Wildman–Crippen MR) is 54.8 cm³/mol. The second-order valence-electron chi connectivity index (χ2n) is 2.85. The van der Waals surface area contributed by atoms with Crippen LogP contribution in [0.4, 0.5) is 5.69 Å². The summed E-state index contributed by atoms with van der Waals surface area (Å²) in [6.07, 6.45) is 0. The van der Waals surface area contributed by atoms with Crippen molar-refractivity contribution in [1.82, 2.24) is 5.32 Å². The first-order chi connectivity index (χ1) is 6.27. The summed E-state index contributed by atoms with van der Waals surface area (Å²) in [6.45, 7) is 3.83. The second kappa shape index (κ2) is 4.72. The van der Waals surface area contributed by atoms with Crippen LogP contribution in [0.3, 0.4) is 0 Å². The maximum absolute atomic E-state index is 5.82. The number of hydrogen-bond acceptors (Lipinski definition) is 3. The highest BCUT2D eigenvalue weighted by atomic mass is 16.5. The largest absolute Gasteiger partial charge is 0.497 e. The molecule has 0 atom stereocenters. The van der Waals surface area contributed by atoms with Crippen LogP contribution in [0.2, 0.25) is 0 Å². The average Bonchev–Trinajstić information content (AvgIpc) is 2.16. The zero-order chi connectivity index (χ0) is 9.68. The fraction of sp³-hybridized carbons (Fsp3) is 0.400. The maximum Gasteiger partial charge on any atom is 0.120 e. The Balaban J connectivity index is 2.73. The summed E-state index contributed by atoms with van der Waals surface area (Å²) in [5.74, 6) is 0.803. The molecule has 0 heterocycles. The lowest BCUT2D eigenvalue weighted by Gasteiger charge is -2.07. The van der Waals surface area contributed by atoms with Crippen LogP contribution in [0.15, 0.2) is 18.2 Å². The van der Waals surface area contributed by atoms with Crippen molar-refractivity contribution in [1.29, 1.82) is 0 Å². The smallest absolute Gasteiger partial charge is 0.120 e. The highest BCUT2D eigenvalue weighted by Gasteiger charge is 1.99. The molecule has 0 aliphatic heterocycles. The number of anilines is 1. The monoisotopic (exact) mass is 180 g/mol. The first-order valence-electron chi connectivity index (χ1n) is 4.41. The summed E-state index contributed by atoms with van der Waals surface area (Å²) in [7, 11) is 1.64. The Labute approximate surface area is 78.9 Å². The van der Waals surface area contributed by atoms with Gasteiger partial charge in [-0.3, -0.25) is 0 Å². The number of ether oxygens (including phenoxy) is 1. The van der Waals surface area contributed by atoms with Crippen LogP contribution in [0.5, 0.6) is 5.75 Å². The van der Waals surface area contributed by atoms with Gasteiger partial charge >= 0.3 is 0 Å². The number of nitrogens with one attached hydrogen (secondary N) is 1. The van der Waals surface area contributed by atoms with Gasteiger partial charge in [-0.1, -0.05) is 13.0 Å². The molecule has 0 unspecified atom stereocenters. The molecule has 72 valence electrons. The molecule has 0 bridgehead atoms. The minimum Gasteiger partial charge on any atom is -0.497 e. The van der Waals surface area contributed by atoms with E-state index in [1.807, 2.05) is 18.2 Å². The van der Waals surface area contributed by atoms with E-state index in [0.717, 1.165) is 30.1 Å². The van der Waals surface area contributed by atoms with E-state index in [0.29, 0.717) is 0 Å². The third-order valence-corrected chi connectivity index (χ3v) is 1.92. The molecule has 13 heavy (non-hydrogen) atoms. The highest BCUT2D eigenvalue weighted by molar-refractivity contribution is 5.51. The third-order valence-electron chi connectivity index (χ3n) is 1.92. The van der Waals surface area contributed by atoms with Crippen molar-refractivity contribution < 1.29 is 4.74 Å². The van der Waals surface area contributed by atoms with Gasteiger partial charge in [0.2, 0.25) is 0 Å². The van der Waals surface area contributed by atoms with Crippen molar-refractivity contribution in [2.45, 2.75) is 13.5 Å². The Morgan fingerprint density at radius 1 is 1.46 bits per heavy atom. The highest BCUT2D eigenvalue weighted by Crippen LogP contribution is 2.19. The van der Waals surface area contributed by atoms with E-state index in [-0.39, 0.29) is 0 Å². The van der Waals surface area contributed by atoms with E-state index in [9.17, 15) is 0 Å². The molecular weight excluding hydrogens is 164 g/mol. The molecule has 1 rings (SSSR count). The Bertz CT molecular complexity index is 274. The number of rotatable bonds is 4. The van der Waals surface area contributed by atoms with Gasteiger partial charge in [-0.2, -0.15) is 0 Å². The fourth-order valence-electron chi connectivity index (χ4n) is 1.12. The molecular formula is C10H16N2O. The Kier molecular flexibility index (Phi) is 3.58. The molecule has 0 aliphatic rings. The van der Waals surface area contributed by atoms with Crippen LogP contribution in [0.1, 0.15) is 12.5 Å². The van der Waals surface area contributed by atoms with Crippen LogP contribution in [0.25, 0.3) is 0 Å². The van der Waals surface area contributed by atoms with Crippen molar-refractivity contribution >= 4 is 5.69 Å². The van der Waals surface area contributed by atoms with E-state index < -0.39 is 0 Å². The molecule has 3 N–H and O–H groups in total. The molecule has 0 fully saturated rings. The van der Waals surface area contributed by atoms with Crippen molar-refractivity contribution in [2.75, 3.05) is 19.4 Å². The standard InChI is InChI=1S/C10H16N2O/c1-3-12-7-8-4-5-9(13-2)6-10(8)11/h4-6,12H,3,7,11H2,1-2H3. The van der Waals surface area contributed by atoms with Crippen LogP contribution < -0.4 is 15.8 Å². The number of benzene rings is 1. The SMILES string of the molecule is CCNCc1ccc(OC)cc1N. The first kappa shape index (κ1) is 9.86. The third kappa shape index (κ3) is 2.63. The summed E-state index contributed by atoms with van der Waals surface area (Å²) in [5, 5.41) is 3.22. The molecule has 0 aliphatic carbocycles. The van der Waals surface area contributed by atoms with Gasteiger partial charge in [0.25, 0.3) is 0 Å². The quantitative estimate of drug-likeness (QED) is 0.688. The summed E-state index contributed by atoms with van der Waals surface area (Å²) >= 11 is 0. The number of nitrogen functional groups attached to an aromatic ring is 1. The van der Waals surface area contributed by atoms with Crippen LogP contribution in [-0.2, 0) is 6.54 Å². The lowest BCUT2D eigenvalue weighted by molar-refractivity contribution is 0.415. The predicted octanol–water partition coefficient (Wildman–Crippen LogP) is 1.39. The Morgan fingerprint density at radius 3 is 2.77 bits per heavy atom. The molecule has 1 aromatic rings. The van der Waals surface area contributed by atoms with Crippen LogP contribution >= 0.6 is 0 Å². The number of nitrogens with two attached hydrogens (primary N) is 1. The molecule has 0 spiro atoms. The van der Waals surface area contributed by atoms with Crippen molar-refractivity contribution in [3.05, 3.63) is 23.8 Å². The molecule has 1 aromatic carbocycles. The molecule has 3 nitrogen and oxygen atoms in total. The second-order valence-corrected chi connectivity index (χ2v) is 2.85. The van der Waals surface area contributed by atoms with Crippen LogP contribution in [-0.4, -0.2) is 13.7 Å². The molecule has 0 aromatic heterocycles. The van der Waals surface area contributed by atoms with Gasteiger partial charge in [0, 0.05) is 18.3 Å². The molecule has 0 saturated carbocycles. The Morgan fingerprint density at radius 2 is 2.23 bits per heavy atom. The first-order valence-corrected chi connectivity index (χ1v) is 4.41. The van der Waals surface area contributed by atoms with Gasteiger partial charge in [-0.25, -0.2) is 0 Å². The number of methoxy groups -OCH3 is 1. The normalized spacial score (nSPS) is 10.0. The fourth-order valence-corrected chi connectivity index (χ4v) is 1.12. The Hall–Kier alpha value is -1.22. The van der Waals surface area contributed by atoms with E-state index in [1.54, 1.807) is 7.11 Å². The zero-order valence-corrected chi connectivity index (χ0v) is 8.13. The van der Waals surface area contributed by atoms with Gasteiger partial charge in [-0.15, -0.1) is 0 Å². The van der Waals surface area contributed by atoms with E-state index in [2.05, 4.69) is 12.2 Å². The van der Waals surface area contributed by atoms with E-state index >= 15 is 0 Å². The summed E-state index contributed by atoms with van der Waals surface area (Å²) in [6, 6.07) is 5.74. The van der Waals surface area contributed by atoms with Gasteiger partial charge in [0.05, 0.1) is 7.11 Å². The molecule has 0 radical (unpaired) electrons. The zero-order valence-electron chi connectivity index (χ0n) is 8.13. The van der Waals surface area contributed by atoms with Crippen molar-refractivity contribution in [3.8, 4) is 5.75 Å². The summed E-state index contributed by atoms with van der Waals surface area (Å²) in [4.78, 5) is 0. The van der Waals surface area contributed by atoms with Crippen molar-refractivity contribution in [3.63, 3.8) is 0 Å². The molecule has 3 heteroatoms. The lowest BCUT2D eigenvalue weighted by Crippen LogP contribution is -2.13. The lowest BCUT2D eigenvalue weighted by atomic mass is 10.1. The average molecular weight is 180 g/mol. The maximum atomic E-state index is 5.82. The summed E-state index contributed by atoms with van der Waals surface area (Å²) < 4.78 is 5.05. The van der Waals surface area contributed by atoms with Crippen molar-refractivity contribution in [2.24, 2.45) is 0 Å². The van der Waals surface area contributed by atoms with E-state index in [1.165, 1.54) is 0 Å². The number of hydrogen-bond donors (Lipinski definition) is 2. The topological polar surface area (TPSA) is 47.3 Å². The summed E-state index contributed by atoms with van der Waals surface area (Å²) in [5.41, 5.74) is 7.71. The van der Waals surface area contributed by atoms with Crippen LogP contribution in [0, 0.1) is 0 Å². The van der Waals surface area contributed by atoms with Gasteiger partial charge in [0.1, 0.15) is 5.75 Å². The van der Waals surface area contributed by atoms with Gasteiger partial charge in [-0.05, 0) is 18.2 Å². The van der Waals surface area contributed by atoms with Gasteiger partial charge < -0.3 is 15.8 Å². The van der Waals surface area contributed by atoms with E-state index in [4.69, 9.17) is 10.5 Å². The minimum absolute atomic E-state index is 0.778. The van der Waals surface area contributed by atoms with Gasteiger partial charge in [0.15, 0.2) is 0 Å². The molecule has 0 amide bonds. The minimum atomic E-state index is 0.778.